The highest BCUT2D eigenvalue weighted by Gasteiger charge is 2.31. The van der Waals surface area contributed by atoms with Crippen molar-refractivity contribution >= 4 is 5.91 Å². The summed E-state index contributed by atoms with van der Waals surface area (Å²) in [6, 6.07) is -0.308. The van der Waals surface area contributed by atoms with Crippen LogP contribution in [-0.4, -0.2) is 39.0 Å². The lowest BCUT2D eigenvalue weighted by molar-refractivity contribution is 0.0468. The average molecular weight is 319 g/mol. The Labute approximate surface area is 134 Å². The Hall–Kier alpha value is -2.22. The van der Waals surface area contributed by atoms with Gasteiger partial charge in [0.15, 0.2) is 5.82 Å². The zero-order valence-electron chi connectivity index (χ0n) is 13.4. The molecule has 8 nitrogen and oxygen atoms in total. The number of ether oxygens (including phenoxy) is 1. The number of nitrogens with one attached hydrogen (secondary N) is 1. The van der Waals surface area contributed by atoms with Crippen molar-refractivity contribution in [2.24, 2.45) is 5.92 Å². The summed E-state index contributed by atoms with van der Waals surface area (Å²) < 4.78 is 12.4. The van der Waals surface area contributed by atoms with Gasteiger partial charge in [0.25, 0.3) is 5.91 Å². The van der Waals surface area contributed by atoms with Gasteiger partial charge in [-0.15, -0.1) is 0 Å². The summed E-state index contributed by atoms with van der Waals surface area (Å²) in [5.74, 6) is 1.04. The fourth-order valence-corrected chi connectivity index (χ4v) is 2.75. The SMILES string of the molecule is CCn1cc(C(=O)N[C@@H](c2nc(C)no2)C2CCOCC2)cn1. The van der Waals surface area contributed by atoms with E-state index in [4.69, 9.17) is 9.26 Å². The van der Waals surface area contributed by atoms with Gasteiger partial charge in [0, 0.05) is 26.0 Å². The molecule has 124 valence electrons. The molecule has 1 amide bonds. The predicted molar refractivity (Wildman–Crippen MR) is 80.7 cm³/mol. The fourth-order valence-electron chi connectivity index (χ4n) is 2.75. The van der Waals surface area contributed by atoms with E-state index in [1.807, 2.05) is 6.92 Å². The lowest BCUT2D eigenvalue weighted by atomic mass is 9.91. The smallest absolute Gasteiger partial charge is 0.255 e. The minimum Gasteiger partial charge on any atom is -0.381 e. The fraction of sp³-hybridized carbons (Fsp3) is 0.600. The van der Waals surface area contributed by atoms with Crippen LogP contribution in [-0.2, 0) is 11.3 Å². The Balaban J connectivity index is 1.78. The summed E-state index contributed by atoms with van der Waals surface area (Å²) in [5.41, 5.74) is 0.528. The van der Waals surface area contributed by atoms with Crippen LogP contribution in [0, 0.1) is 12.8 Å². The quantitative estimate of drug-likeness (QED) is 0.897. The third-order valence-electron chi connectivity index (χ3n) is 4.05. The first-order chi connectivity index (χ1) is 11.2. The van der Waals surface area contributed by atoms with Crippen molar-refractivity contribution in [3.63, 3.8) is 0 Å². The van der Waals surface area contributed by atoms with Crippen LogP contribution in [0.25, 0.3) is 0 Å². The van der Waals surface area contributed by atoms with Gasteiger partial charge in [0.1, 0.15) is 6.04 Å². The zero-order chi connectivity index (χ0) is 16.2. The minimum absolute atomic E-state index is 0.183. The molecule has 3 heterocycles. The van der Waals surface area contributed by atoms with Gasteiger partial charge in [0.2, 0.25) is 5.89 Å². The highest BCUT2D eigenvalue weighted by atomic mass is 16.5. The second-order valence-corrected chi connectivity index (χ2v) is 5.67. The largest absolute Gasteiger partial charge is 0.381 e. The van der Waals surface area contributed by atoms with Crippen LogP contribution < -0.4 is 5.32 Å². The number of hydrogen-bond acceptors (Lipinski definition) is 6. The van der Waals surface area contributed by atoms with Gasteiger partial charge in [-0.1, -0.05) is 5.16 Å². The Morgan fingerprint density at radius 3 is 2.87 bits per heavy atom. The molecular weight excluding hydrogens is 298 g/mol. The molecule has 1 N–H and O–H groups in total. The molecule has 0 radical (unpaired) electrons. The van der Waals surface area contributed by atoms with Gasteiger partial charge in [-0.25, -0.2) is 0 Å². The molecule has 0 aliphatic carbocycles. The maximum Gasteiger partial charge on any atom is 0.255 e. The molecule has 1 atom stereocenters. The molecule has 0 saturated carbocycles. The molecule has 0 bridgehead atoms. The minimum atomic E-state index is -0.308. The van der Waals surface area contributed by atoms with E-state index in [0.29, 0.717) is 30.5 Å². The number of amides is 1. The first kappa shape index (κ1) is 15.7. The second-order valence-electron chi connectivity index (χ2n) is 5.67. The van der Waals surface area contributed by atoms with Gasteiger partial charge in [-0.05, 0) is 32.6 Å². The molecule has 8 heteroatoms. The van der Waals surface area contributed by atoms with E-state index in [-0.39, 0.29) is 17.9 Å². The lowest BCUT2D eigenvalue weighted by Crippen LogP contribution is -2.36. The van der Waals surface area contributed by atoms with E-state index >= 15 is 0 Å². The third-order valence-corrected chi connectivity index (χ3v) is 4.05. The Morgan fingerprint density at radius 1 is 1.48 bits per heavy atom. The molecule has 2 aromatic rings. The summed E-state index contributed by atoms with van der Waals surface area (Å²) in [6.07, 6.45) is 5.00. The van der Waals surface area contributed by atoms with Crippen molar-refractivity contribution in [3.8, 4) is 0 Å². The standard InChI is InChI=1S/C15H21N5O3/c1-3-20-9-12(8-16-20)14(21)18-13(11-4-6-22-7-5-11)15-17-10(2)19-23-15/h8-9,11,13H,3-7H2,1-2H3,(H,18,21)/t13-/m1/s1. The van der Waals surface area contributed by atoms with Crippen molar-refractivity contribution in [1.82, 2.24) is 25.2 Å². The zero-order valence-corrected chi connectivity index (χ0v) is 13.4. The average Bonchev–Trinajstić information content (AvgIpc) is 3.22. The topological polar surface area (TPSA) is 95.1 Å². The lowest BCUT2D eigenvalue weighted by Gasteiger charge is -2.28. The third kappa shape index (κ3) is 3.58. The molecule has 3 rings (SSSR count). The molecule has 0 aromatic carbocycles. The van der Waals surface area contributed by atoms with Crippen LogP contribution in [0.3, 0.4) is 0 Å². The molecule has 2 aromatic heterocycles. The van der Waals surface area contributed by atoms with Crippen LogP contribution >= 0.6 is 0 Å². The number of aryl methyl sites for hydroxylation is 2. The van der Waals surface area contributed by atoms with E-state index in [1.165, 1.54) is 0 Å². The Morgan fingerprint density at radius 2 is 2.26 bits per heavy atom. The summed E-state index contributed by atoms with van der Waals surface area (Å²) in [4.78, 5) is 16.8. The molecule has 23 heavy (non-hydrogen) atoms. The molecule has 1 saturated heterocycles. The second kappa shape index (κ2) is 6.91. The Kier molecular flexibility index (Phi) is 4.71. The van der Waals surface area contributed by atoms with Crippen molar-refractivity contribution < 1.29 is 14.1 Å². The van der Waals surface area contributed by atoms with Crippen molar-refractivity contribution in [3.05, 3.63) is 29.7 Å². The highest BCUT2D eigenvalue weighted by Crippen LogP contribution is 2.29. The van der Waals surface area contributed by atoms with E-state index in [0.717, 1.165) is 19.4 Å². The number of nitrogens with zero attached hydrogens (tertiary/aromatic N) is 4. The number of carbonyl (C=O) groups excluding carboxylic acids is 1. The molecular formula is C15H21N5O3. The first-order valence-corrected chi connectivity index (χ1v) is 7.88. The highest BCUT2D eigenvalue weighted by molar-refractivity contribution is 5.93. The van der Waals surface area contributed by atoms with Crippen LogP contribution in [0.15, 0.2) is 16.9 Å². The number of rotatable bonds is 5. The van der Waals surface area contributed by atoms with Gasteiger partial charge in [-0.2, -0.15) is 10.1 Å². The normalized spacial score (nSPS) is 17.1. The van der Waals surface area contributed by atoms with E-state index in [2.05, 4.69) is 20.6 Å². The van der Waals surface area contributed by atoms with Gasteiger partial charge >= 0.3 is 0 Å². The van der Waals surface area contributed by atoms with Gasteiger partial charge in [-0.3, -0.25) is 9.48 Å². The summed E-state index contributed by atoms with van der Waals surface area (Å²) in [6.45, 7) is 5.82. The number of hydrogen-bond donors (Lipinski definition) is 1. The maximum absolute atomic E-state index is 12.5. The van der Waals surface area contributed by atoms with E-state index in [1.54, 1.807) is 24.0 Å². The van der Waals surface area contributed by atoms with Gasteiger partial charge < -0.3 is 14.6 Å². The van der Waals surface area contributed by atoms with Crippen molar-refractivity contribution in [2.75, 3.05) is 13.2 Å². The summed E-state index contributed by atoms with van der Waals surface area (Å²) >= 11 is 0. The number of aromatic nitrogens is 4. The monoisotopic (exact) mass is 319 g/mol. The van der Waals surface area contributed by atoms with Crippen molar-refractivity contribution in [1.29, 1.82) is 0 Å². The molecule has 1 aliphatic rings. The first-order valence-electron chi connectivity index (χ1n) is 7.88. The van der Waals surface area contributed by atoms with Crippen LogP contribution in [0.5, 0.6) is 0 Å². The van der Waals surface area contributed by atoms with Crippen LogP contribution in [0.2, 0.25) is 0 Å². The van der Waals surface area contributed by atoms with Crippen LogP contribution in [0.1, 0.15) is 47.9 Å². The van der Waals surface area contributed by atoms with Crippen LogP contribution in [0.4, 0.5) is 0 Å². The van der Waals surface area contributed by atoms with Gasteiger partial charge in [0.05, 0.1) is 11.8 Å². The maximum atomic E-state index is 12.5. The summed E-state index contributed by atoms with van der Waals surface area (Å²) in [7, 11) is 0. The van der Waals surface area contributed by atoms with E-state index < -0.39 is 0 Å². The Bertz CT molecular complexity index is 660. The molecule has 0 spiro atoms. The van der Waals surface area contributed by atoms with Crippen molar-refractivity contribution in [2.45, 2.75) is 39.3 Å². The molecule has 1 fully saturated rings. The number of carbonyl (C=O) groups is 1. The molecule has 0 unspecified atom stereocenters. The summed E-state index contributed by atoms with van der Waals surface area (Å²) in [5, 5.41) is 11.0. The molecule has 1 aliphatic heterocycles. The predicted octanol–water partition coefficient (Wildman–Crippen LogP) is 1.49. The van der Waals surface area contributed by atoms with E-state index in [9.17, 15) is 4.79 Å².